The molecule has 0 fully saturated rings. The van der Waals surface area contributed by atoms with E-state index in [9.17, 15) is 13.2 Å². The molecule has 0 unspecified atom stereocenters. The number of halogens is 3. The Morgan fingerprint density at radius 2 is 1.82 bits per heavy atom. The molecule has 1 heterocycles. The smallest absolute Gasteiger partial charge is 0.417 e. The summed E-state index contributed by atoms with van der Waals surface area (Å²) in [6, 6.07) is 9.26. The van der Waals surface area contributed by atoms with Gasteiger partial charge in [0.25, 0.3) is 0 Å². The van der Waals surface area contributed by atoms with Crippen LogP contribution in [0.1, 0.15) is 5.56 Å². The number of anilines is 1. The first kappa shape index (κ1) is 16.1. The maximum absolute atomic E-state index is 12.4. The number of benzene rings is 1. The third kappa shape index (κ3) is 4.11. The molecule has 1 aromatic heterocycles. The standard InChI is InChI=1S/C15H16F3N3O/c1-21(9-8-19)12-3-5-13(6-4-12)22-14-7-2-11(10-20-14)15(16,17)18/h2-7,10H,8-9,19H2,1H3. The van der Waals surface area contributed by atoms with Crippen LogP contribution in [0.2, 0.25) is 0 Å². The maximum atomic E-state index is 12.4. The zero-order chi connectivity index (χ0) is 16.2. The van der Waals surface area contributed by atoms with Crippen LogP contribution in [0.3, 0.4) is 0 Å². The van der Waals surface area contributed by atoms with Gasteiger partial charge in [-0.25, -0.2) is 4.98 Å². The molecule has 2 rings (SSSR count). The number of rotatable bonds is 5. The van der Waals surface area contributed by atoms with Crippen molar-refractivity contribution in [3.63, 3.8) is 0 Å². The third-order valence-electron chi connectivity index (χ3n) is 3.03. The molecule has 0 atom stereocenters. The largest absolute Gasteiger partial charge is 0.439 e. The van der Waals surface area contributed by atoms with Gasteiger partial charge >= 0.3 is 6.18 Å². The van der Waals surface area contributed by atoms with Gasteiger partial charge in [-0.05, 0) is 30.3 Å². The number of nitrogens with two attached hydrogens (primary N) is 1. The van der Waals surface area contributed by atoms with Crippen LogP contribution in [-0.4, -0.2) is 25.1 Å². The average molecular weight is 311 g/mol. The molecule has 0 saturated heterocycles. The fourth-order valence-electron chi connectivity index (χ4n) is 1.82. The predicted octanol–water partition coefficient (Wildman–Crippen LogP) is 3.29. The van der Waals surface area contributed by atoms with Crippen molar-refractivity contribution in [2.45, 2.75) is 6.18 Å². The fraction of sp³-hybridized carbons (Fsp3) is 0.267. The summed E-state index contributed by atoms with van der Waals surface area (Å²) in [7, 11) is 1.92. The van der Waals surface area contributed by atoms with Crippen LogP contribution in [0.4, 0.5) is 18.9 Å². The minimum absolute atomic E-state index is 0.107. The lowest BCUT2D eigenvalue weighted by Gasteiger charge is -2.18. The molecule has 7 heteroatoms. The van der Waals surface area contributed by atoms with Gasteiger partial charge in [0.2, 0.25) is 5.88 Å². The molecular weight excluding hydrogens is 295 g/mol. The highest BCUT2D eigenvalue weighted by Crippen LogP contribution is 2.30. The molecule has 2 N–H and O–H groups in total. The lowest BCUT2D eigenvalue weighted by Crippen LogP contribution is -2.24. The highest BCUT2D eigenvalue weighted by atomic mass is 19.4. The second kappa shape index (κ2) is 6.65. The topological polar surface area (TPSA) is 51.4 Å². The summed E-state index contributed by atoms with van der Waals surface area (Å²) < 4.78 is 42.7. The second-order valence-corrected chi connectivity index (χ2v) is 4.69. The number of likely N-dealkylation sites (N-methyl/N-ethyl adjacent to an activating group) is 1. The number of nitrogens with zero attached hydrogens (tertiary/aromatic N) is 2. The Morgan fingerprint density at radius 3 is 2.32 bits per heavy atom. The first-order valence-corrected chi connectivity index (χ1v) is 6.62. The zero-order valence-electron chi connectivity index (χ0n) is 12.0. The van der Waals surface area contributed by atoms with E-state index in [0.29, 0.717) is 12.3 Å². The number of hydrogen-bond acceptors (Lipinski definition) is 4. The van der Waals surface area contributed by atoms with Gasteiger partial charge in [-0.1, -0.05) is 0 Å². The number of pyridine rings is 1. The van der Waals surface area contributed by atoms with Crippen molar-refractivity contribution in [1.29, 1.82) is 0 Å². The van der Waals surface area contributed by atoms with E-state index in [1.54, 1.807) is 12.1 Å². The molecule has 0 bridgehead atoms. The van der Waals surface area contributed by atoms with E-state index in [0.717, 1.165) is 24.5 Å². The van der Waals surface area contributed by atoms with Crippen molar-refractivity contribution >= 4 is 5.69 Å². The summed E-state index contributed by atoms with van der Waals surface area (Å²) in [4.78, 5) is 5.64. The molecule has 0 spiro atoms. The number of alkyl halides is 3. The van der Waals surface area contributed by atoms with Crippen molar-refractivity contribution in [2.75, 3.05) is 25.0 Å². The molecule has 4 nitrogen and oxygen atoms in total. The van der Waals surface area contributed by atoms with E-state index in [1.807, 2.05) is 24.1 Å². The minimum atomic E-state index is -4.40. The van der Waals surface area contributed by atoms with E-state index in [4.69, 9.17) is 10.5 Å². The molecule has 0 saturated carbocycles. The van der Waals surface area contributed by atoms with Crippen molar-refractivity contribution in [3.05, 3.63) is 48.2 Å². The molecule has 0 radical (unpaired) electrons. The quantitative estimate of drug-likeness (QED) is 0.920. The highest BCUT2D eigenvalue weighted by molar-refractivity contribution is 5.48. The Kier molecular flexibility index (Phi) is 4.87. The summed E-state index contributed by atoms with van der Waals surface area (Å²) in [5.41, 5.74) is 5.65. The summed E-state index contributed by atoms with van der Waals surface area (Å²) in [6.45, 7) is 1.27. The lowest BCUT2D eigenvalue weighted by atomic mass is 10.2. The van der Waals surface area contributed by atoms with Gasteiger partial charge in [0.15, 0.2) is 0 Å². The second-order valence-electron chi connectivity index (χ2n) is 4.69. The Bertz CT molecular complexity index is 597. The van der Waals surface area contributed by atoms with Crippen LogP contribution >= 0.6 is 0 Å². The maximum Gasteiger partial charge on any atom is 0.417 e. The van der Waals surface area contributed by atoms with Crippen LogP contribution in [0, 0.1) is 0 Å². The molecule has 118 valence electrons. The molecule has 0 aliphatic carbocycles. The molecular formula is C15H16F3N3O. The van der Waals surface area contributed by atoms with Crippen LogP contribution in [-0.2, 0) is 6.18 Å². The van der Waals surface area contributed by atoms with E-state index in [2.05, 4.69) is 4.98 Å². The van der Waals surface area contributed by atoms with Crippen molar-refractivity contribution in [3.8, 4) is 11.6 Å². The van der Waals surface area contributed by atoms with Gasteiger partial charge in [-0.15, -0.1) is 0 Å². The number of ether oxygens (including phenoxy) is 1. The lowest BCUT2D eigenvalue weighted by molar-refractivity contribution is -0.137. The normalized spacial score (nSPS) is 11.3. The van der Waals surface area contributed by atoms with Gasteiger partial charge < -0.3 is 15.4 Å². The van der Waals surface area contributed by atoms with Gasteiger partial charge in [-0.2, -0.15) is 13.2 Å². The molecule has 0 aliphatic heterocycles. The highest BCUT2D eigenvalue weighted by Gasteiger charge is 2.30. The molecule has 1 aromatic carbocycles. The monoisotopic (exact) mass is 311 g/mol. The number of aromatic nitrogens is 1. The Balaban J connectivity index is 2.05. The Morgan fingerprint density at radius 1 is 1.14 bits per heavy atom. The zero-order valence-corrected chi connectivity index (χ0v) is 12.0. The molecule has 22 heavy (non-hydrogen) atoms. The van der Waals surface area contributed by atoms with E-state index in [1.165, 1.54) is 6.07 Å². The predicted molar refractivity (Wildman–Crippen MR) is 78.1 cm³/mol. The van der Waals surface area contributed by atoms with Crippen molar-refractivity contribution in [1.82, 2.24) is 4.98 Å². The van der Waals surface area contributed by atoms with E-state index < -0.39 is 11.7 Å². The average Bonchev–Trinajstić information content (AvgIpc) is 2.48. The Labute approximate surface area is 126 Å². The molecule has 0 aliphatic rings. The van der Waals surface area contributed by atoms with Crippen LogP contribution < -0.4 is 15.4 Å². The van der Waals surface area contributed by atoms with Crippen LogP contribution in [0.5, 0.6) is 11.6 Å². The number of hydrogen-bond donors (Lipinski definition) is 1. The Hall–Kier alpha value is -2.28. The summed E-state index contributed by atoms with van der Waals surface area (Å²) in [6.07, 6.45) is -3.65. The van der Waals surface area contributed by atoms with E-state index >= 15 is 0 Å². The summed E-state index contributed by atoms with van der Waals surface area (Å²) in [5, 5.41) is 0. The molecule has 2 aromatic rings. The van der Waals surface area contributed by atoms with Crippen molar-refractivity contribution in [2.24, 2.45) is 5.73 Å². The van der Waals surface area contributed by atoms with Gasteiger partial charge in [0.1, 0.15) is 5.75 Å². The minimum Gasteiger partial charge on any atom is -0.439 e. The SMILES string of the molecule is CN(CCN)c1ccc(Oc2ccc(C(F)(F)F)cn2)cc1. The van der Waals surface area contributed by atoms with Gasteiger partial charge in [-0.3, -0.25) is 0 Å². The third-order valence-corrected chi connectivity index (χ3v) is 3.03. The first-order chi connectivity index (χ1) is 10.4. The first-order valence-electron chi connectivity index (χ1n) is 6.62. The summed E-state index contributed by atoms with van der Waals surface area (Å²) in [5.74, 6) is 0.605. The van der Waals surface area contributed by atoms with Gasteiger partial charge in [0.05, 0.1) is 5.56 Å². The van der Waals surface area contributed by atoms with E-state index in [-0.39, 0.29) is 5.88 Å². The summed E-state index contributed by atoms with van der Waals surface area (Å²) >= 11 is 0. The van der Waals surface area contributed by atoms with Crippen molar-refractivity contribution < 1.29 is 17.9 Å². The molecule has 0 amide bonds. The van der Waals surface area contributed by atoms with Gasteiger partial charge in [0, 0.05) is 38.1 Å². The fourth-order valence-corrected chi connectivity index (χ4v) is 1.82. The van der Waals surface area contributed by atoms with Crippen LogP contribution in [0.15, 0.2) is 42.6 Å². The van der Waals surface area contributed by atoms with Crippen LogP contribution in [0.25, 0.3) is 0 Å².